The third kappa shape index (κ3) is 4.97. The summed E-state index contributed by atoms with van der Waals surface area (Å²) >= 11 is 5.94. The smallest absolute Gasteiger partial charge is 0.182 e. The molecule has 1 N–H and O–H groups in total. The zero-order chi connectivity index (χ0) is 15.9. The van der Waals surface area contributed by atoms with Crippen LogP contribution in [0, 0.1) is 0 Å². The van der Waals surface area contributed by atoms with E-state index in [4.69, 9.17) is 11.6 Å². The molecule has 2 atom stereocenters. The monoisotopic (exact) mass is 331 g/mol. The first-order valence-electron chi connectivity index (χ1n) is 7.70. The van der Waals surface area contributed by atoms with E-state index in [0.717, 1.165) is 25.8 Å². The lowest BCUT2D eigenvalue weighted by molar-refractivity contribution is 0.436. The normalized spacial score (nSPS) is 14.9. The van der Waals surface area contributed by atoms with Crippen molar-refractivity contribution in [3.8, 4) is 0 Å². The number of benzene rings is 1. The Hall–Kier alpha value is -0.580. The minimum atomic E-state index is -3.37. The lowest BCUT2D eigenvalue weighted by atomic mass is 10.1. The first-order valence-corrected chi connectivity index (χ1v) is 9.62. The first kappa shape index (κ1) is 18.5. The molecule has 0 heterocycles. The summed E-state index contributed by atoms with van der Waals surface area (Å²) < 4.78 is 25.8. The van der Waals surface area contributed by atoms with Crippen molar-refractivity contribution in [3.05, 3.63) is 29.3 Å². The maximum atomic E-state index is 12.9. The van der Waals surface area contributed by atoms with Gasteiger partial charge in [-0.15, -0.1) is 0 Å². The van der Waals surface area contributed by atoms with Gasteiger partial charge < -0.3 is 5.32 Å². The van der Waals surface area contributed by atoms with Crippen molar-refractivity contribution < 1.29 is 8.42 Å². The molecule has 0 aliphatic rings. The summed E-state index contributed by atoms with van der Waals surface area (Å²) in [4.78, 5) is 0.321. The highest BCUT2D eigenvalue weighted by molar-refractivity contribution is 7.92. The van der Waals surface area contributed by atoms with Gasteiger partial charge in [-0.3, -0.25) is 0 Å². The highest BCUT2D eigenvalue weighted by Crippen LogP contribution is 2.25. The topological polar surface area (TPSA) is 46.2 Å². The molecule has 3 nitrogen and oxygen atoms in total. The van der Waals surface area contributed by atoms with E-state index in [1.54, 1.807) is 24.3 Å². The molecule has 0 bridgehead atoms. The highest BCUT2D eigenvalue weighted by atomic mass is 35.5. The molecule has 0 aliphatic carbocycles. The van der Waals surface area contributed by atoms with Crippen LogP contribution < -0.4 is 5.32 Å². The zero-order valence-corrected chi connectivity index (χ0v) is 14.7. The predicted octanol–water partition coefficient (Wildman–Crippen LogP) is 4.06. The third-order valence-corrected chi connectivity index (χ3v) is 6.24. The number of halogens is 1. The molecule has 5 heteroatoms. The maximum absolute atomic E-state index is 12.9. The van der Waals surface area contributed by atoms with Crippen LogP contribution in [0.1, 0.15) is 46.5 Å². The van der Waals surface area contributed by atoms with E-state index in [-0.39, 0.29) is 6.04 Å². The van der Waals surface area contributed by atoms with Crippen LogP contribution in [-0.2, 0) is 9.84 Å². The minimum Gasteiger partial charge on any atom is -0.313 e. The summed E-state index contributed by atoms with van der Waals surface area (Å²) in [6, 6.07) is 6.55. The fourth-order valence-corrected chi connectivity index (χ4v) is 4.87. The minimum absolute atomic E-state index is 0.0102. The van der Waals surface area contributed by atoms with E-state index in [0.29, 0.717) is 16.3 Å². The molecule has 0 aromatic heterocycles. The summed E-state index contributed by atoms with van der Waals surface area (Å²) in [5.74, 6) is 0. The van der Waals surface area contributed by atoms with Crippen LogP contribution >= 0.6 is 11.6 Å². The summed E-state index contributed by atoms with van der Waals surface area (Å²) in [5.41, 5.74) is 0. The standard InChI is InChI=1S/C16H26ClNO2S/c1-4-8-15(18-11-5-2)16(6-3)21(19,20)14-10-7-9-13(17)12-14/h7,9-10,12,15-16,18H,4-6,8,11H2,1-3H3. The van der Waals surface area contributed by atoms with Gasteiger partial charge in [0.2, 0.25) is 0 Å². The fourth-order valence-electron chi connectivity index (χ4n) is 2.60. The highest BCUT2D eigenvalue weighted by Gasteiger charge is 2.32. The molecule has 0 fully saturated rings. The summed E-state index contributed by atoms with van der Waals surface area (Å²) in [6.45, 7) is 6.94. The summed E-state index contributed by atoms with van der Waals surface area (Å²) in [6.07, 6.45) is 3.41. The van der Waals surface area contributed by atoms with Crippen molar-refractivity contribution in [1.82, 2.24) is 5.32 Å². The zero-order valence-electron chi connectivity index (χ0n) is 13.1. The number of nitrogens with one attached hydrogen (secondary N) is 1. The Morgan fingerprint density at radius 1 is 1.19 bits per heavy atom. The summed E-state index contributed by atoms with van der Waals surface area (Å²) in [5, 5.41) is 3.44. The molecular weight excluding hydrogens is 306 g/mol. The molecule has 1 aromatic carbocycles. The molecule has 2 unspecified atom stereocenters. The van der Waals surface area contributed by atoms with Crippen molar-refractivity contribution in [1.29, 1.82) is 0 Å². The van der Waals surface area contributed by atoms with Gasteiger partial charge in [0.15, 0.2) is 9.84 Å². The number of hydrogen-bond acceptors (Lipinski definition) is 3. The quantitative estimate of drug-likeness (QED) is 0.742. The Bertz CT molecular complexity index is 531. The Labute approximate surface area is 134 Å². The van der Waals surface area contributed by atoms with Crippen molar-refractivity contribution >= 4 is 21.4 Å². The largest absolute Gasteiger partial charge is 0.313 e. The number of sulfone groups is 1. The van der Waals surface area contributed by atoms with E-state index < -0.39 is 15.1 Å². The Balaban J connectivity index is 3.09. The van der Waals surface area contributed by atoms with E-state index in [1.165, 1.54) is 0 Å². The second-order valence-corrected chi connectivity index (χ2v) is 7.90. The van der Waals surface area contributed by atoms with Gasteiger partial charge in [-0.05, 0) is 44.0 Å². The van der Waals surface area contributed by atoms with Gasteiger partial charge in [0, 0.05) is 11.1 Å². The summed E-state index contributed by atoms with van der Waals surface area (Å²) in [7, 11) is -3.37. The van der Waals surface area contributed by atoms with Crippen LogP contribution in [-0.4, -0.2) is 26.3 Å². The first-order chi connectivity index (χ1) is 9.97. The van der Waals surface area contributed by atoms with Gasteiger partial charge in [-0.25, -0.2) is 8.42 Å². The van der Waals surface area contributed by atoms with Gasteiger partial charge in [0.05, 0.1) is 10.1 Å². The molecule has 0 amide bonds. The Kier molecular flexibility index (Phi) is 7.71. The van der Waals surface area contributed by atoms with Crippen molar-refractivity contribution in [2.24, 2.45) is 0 Å². The van der Waals surface area contributed by atoms with Crippen LogP contribution in [0.2, 0.25) is 5.02 Å². The molecule has 1 aromatic rings. The van der Waals surface area contributed by atoms with Gasteiger partial charge in [0.25, 0.3) is 0 Å². The number of hydrogen-bond donors (Lipinski definition) is 1. The van der Waals surface area contributed by atoms with E-state index in [9.17, 15) is 8.42 Å². The Morgan fingerprint density at radius 3 is 2.43 bits per heavy atom. The van der Waals surface area contributed by atoms with E-state index in [1.807, 2.05) is 6.92 Å². The Morgan fingerprint density at radius 2 is 1.90 bits per heavy atom. The van der Waals surface area contributed by atoms with Gasteiger partial charge in [-0.1, -0.05) is 44.9 Å². The van der Waals surface area contributed by atoms with Crippen LogP contribution in [0.4, 0.5) is 0 Å². The average Bonchev–Trinajstić information content (AvgIpc) is 2.45. The fraction of sp³-hybridized carbons (Fsp3) is 0.625. The van der Waals surface area contributed by atoms with Crippen LogP contribution in [0.15, 0.2) is 29.2 Å². The number of rotatable bonds is 9. The van der Waals surface area contributed by atoms with E-state index >= 15 is 0 Å². The van der Waals surface area contributed by atoms with Gasteiger partial charge in [0.1, 0.15) is 0 Å². The van der Waals surface area contributed by atoms with Crippen molar-refractivity contribution in [2.75, 3.05) is 6.54 Å². The van der Waals surface area contributed by atoms with Gasteiger partial charge in [-0.2, -0.15) is 0 Å². The van der Waals surface area contributed by atoms with E-state index in [2.05, 4.69) is 19.2 Å². The predicted molar refractivity (Wildman–Crippen MR) is 89.7 cm³/mol. The molecule has 0 saturated carbocycles. The molecule has 21 heavy (non-hydrogen) atoms. The van der Waals surface area contributed by atoms with Crippen LogP contribution in [0.25, 0.3) is 0 Å². The van der Waals surface area contributed by atoms with Crippen LogP contribution in [0.3, 0.4) is 0 Å². The lowest BCUT2D eigenvalue weighted by Crippen LogP contribution is -2.44. The molecule has 0 spiro atoms. The molecule has 1 rings (SSSR count). The SMILES string of the molecule is CCCNC(CCC)C(CC)S(=O)(=O)c1cccc(Cl)c1. The average molecular weight is 332 g/mol. The maximum Gasteiger partial charge on any atom is 0.182 e. The van der Waals surface area contributed by atoms with Crippen molar-refractivity contribution in [2.45, 2.75) is 62.6 Å². The second kappa shape index (κ2) is 8.76. The molecular formula is C16H26ClNO2S. The van der Waals surface area contributed by atoms with Gasteiger partial charge >= 0.3 is 0 Å². The molecule has 0 aliphatic heterocycles. The third-order valence-electron chi connectivity index (χ3n) is 3.63. The molecule has 120 valence electrons. The van der Waals surface area contributed by atoms with Crippen LogP contribution in [0.5, 0.6) is 0 Å². The van der Waals surface area contributed by atoms with Crippen molar-refractivity contribution in [3.63, 3.8) is 0 Å². The molecule has 0 radical (unpaired) electrons. The second-order valence-electron chi connectivity index (χ2n) is 5.30. The molecule has 0 saturated heterocycles. The lowest BCUT2D eigenvalue weighted by Gasteiger charge is -2.27.